The molecule has 0 spiro atoms. The summed E-state index contributed by atoms with van der Waals surface area (Å²) in [6.07, 6.45) is 23.0. The highest BCUT2D eigenvalue weighted by Crippen LogP contribution is 2.62. The second kappa shape index (κ2) is 9.45. The average Bonchev–Trinajstić information content (AvgIpc) is 2.63. The van der Waals surface area contributed by atoms with Crippen molar-refractivity contribution in [3.63, 3.8) is 0 Å². The molecule has 0 heterocycles. The third-order valence-electron chi connectivity index (χ3n) is 6.37. The molecule has 3 aliphatic carbocycles. The highest BCUT2D eigenvalue weighted by atomic mass is 31.1. The second-order valence-corrected chi connectivity index (χ2v) is 10.9. The summed E-state index contributed by atoms with van der Waals surface area (Å²) in [5.41, 5.74) is 4.78. The normalized spacial score (nSPS) is 30.0. The van der Waals surface area contributed by atoms with Gasteiger partial charge in [-0.15, -0.1) is 0 Å². The summed E-state index contributed by atoms with van der Waals surface area (Å²) in [4.78, 5) is 0. The minimum atomic E-state index is 0.181. The Kier molecular flexibility index (Phi) is 7.31. The van der Waals surface area contributed by atoms with E-state index in [1.807, 2.05) is 0 Å². The van der Waals surface area contributed by atoms with Gasteiger partial charge in [-0.3, -0.25) is 0 Å². The highest BCUT2D eigenvalue weighted by molar-refractivity contribution is 7.60. The van der Waals surface area contributed by atoms with Crippen LogP contribution in [0.5, 0.6) is 0 Å². The summed E-state index contributed by atoms with van der Waals surface area (Å²) < 4.78 is 5.78. The topological polar surface area (TPSA) is 9.23 Å². The van der Waals surface area contributed by atoms with Gasteiger partial charge in [0.15, 0.2) is 0 Å². The van der Waals surface area contributed by atoms with E-state index in [9.17, 15) is 0 Å². The van der Waals surface area contributed by atoms with E-state index in [2.05, 4.69) is 13.2 Å². The average molecular weight is 337 g/mol. The van der Waals surface area contributed by atoms with Crippen molar-refractivity contribution in [2.24, 2.45) is 0 Å². The molecule has 1 nitrogen and oxygen atoms in total. The zero-order valence-electron chi connectivity index (χ0n) is 15.3. The molecule has 0 amide bonds. The molecule has 1 atom stereocenters. The maximum absolute atomic E-state index is 5.78. The zero-order chi connectivity index (χ0) is 15.9. The van der Waals surface area contributed by atoms with Gasteiger partial charge in [0.2, 0.25) is 0 Å². The van der Waals surface area contributed by atoms with Crippen LogP contribution in [-0.2, 0) is 4.74 Å². The SMILES string of the molecule is CCOC=C1CCCCC1P(C1CCCCC1)C1CCCCC1. The molecular formula is C21H37OP. The Morgan fingerprint density at radius 2 is 1.39 bits per heavy atom. The molecule has 23 heavy (non-hydrogen) atoms. The number of rotatable bonds is 5. The first-order valence-electron chi connectivity index (χ1n) is 10.5. The van der Waals surface area contributed by atoms with E-state index in [4.69, 9.17) is 4.74 Å². The highest BCUT2D eigenvalue weighted by Gasteiger charge is 2.38. The number of hydrogen-bond acceptors (Lipinski definition) is 1. The Balaban J connectivity index is 1.79. The molecule has 0 aliphatic heterocycles. The minimum absolute atomic E-state index is 0.181. The van der Waals surface area contributed by atoms with E-state index in [0.29, 0.717) is 0 Å². The van der Waals surface area contributed by atoms with Crippen LogP contribution in [0, 0.1) is 0 Å². The van der Waals surface area contributed by atoms with E-state index >= 15 is 0 Å². The van der Waals surface area contributed by atoms with Gasteiger partial charge in [-0.2, -0.15) is 0 Å². The summed E-state index contributed by atoms with van der Waals surface area (Å²) in [7, 11) is 0.181. The first-order chi connectivity index (χ1) is 11.4. The maximum atomic E-state index is 5.78. The van der Waals surface area contributed by atoms with Crippen LogP contribution in [-0.4, -0.2) is 23.6 Å². The number of allylic oxidation sites excluding steroid dienone is 1. The summed E-state index contributed by atoms with van der Waals surface area (Å²) in [5, 5.41) is 0. The number of hydrogen-bond donors (Lipinski definition) is 0. The van der Waals surface area contributed by atoms with Crippen molar-refractivity contribution in [1.29, 1.82) is 0 Å². The quantitative estimate of drug-likeness (QED) is 0.388. The van der Waals surface area contributed by atoms with Crippen LogP contribution < -0.4 is 0 Å². The summed E-state index contributed by atoms with van der Waals surface area (Å²) in [6, 6.07) is 0. The van der Waals surface area contributed by atoms with Crippen molar-refractivity contribution in [1.82, 2.24) is 0 Å². The van der Waals surface area contributed by atoms with Crippen LogP contribution in [0.2, 0.25) is 0 Å². The van der Waals surface area contributed by atoms with Gasteiger partial charge in [-0.25, -0.2) is 0 Å². The van der Waals surface area contributed by atoms with Gasteiger partial charge in [0.05, 0.1) is 12.9 Å². The van der Waals surface area contributed by atoms with Gasteiger partial charge in [-0.05, 0) is 68.8 Å². The molecule has 2 heteroatoms. The molecule has 0 saturated heterocycles. The smallest absolute Gasteiger partial charge is 0.0845 e. The standard InChI is InChI=1S/C21H37OP/c1-2-22-17-18-11-9-10-16-21(18)23(19-12-5-3-6-13-19)20-14-7-4-8-15-20/h17,19-21H,2-16H2,1H3. The lowest BCUT2D eigenvalue weighted by Gasteiger charge is -2.45. The Bertz CT molecular complexity index is 348. The molecule has 3 fully saturated rings. The lowest BCUT2D eigenvalue weighted by atomic mass is 9.95. The van der Waals surface area contributed by atoms with Crippen LogP contribution in [0.15, 0.2) is 11.8 Å². The summed E-state index contributed by atoms with van der Waals surface area (Å²) in [5.74, 6) is 0. The fourth-order valence-corrected chi connectivity index (χ4v) is 9.84. The Morgan fingerprint density at radius 1 is 0.826 bits per heavy atom. The van der Waals surface area contributed by atoms with E-state index < -0.39 is 0 Å². The monoisotopic (exact) mass is 336 g/mol. The molecule has 3 rings (SSSR count). The summed E-state index contributed by atoms with van der Waals surface area (Å²) in [6.45, 7) is 2.96. The molecule has 1 unspecified atom stereocenters. The lowest BCUT2D eigenvalue weighted by Crippen LogP contribution is -2.29. The zero-order valence-corrected chi connectivity index (χ0v) is 16.2. The molecule has 132 valence electrons. The predicted octanol–water partition coefficient (Wildman–Crippen LogP) is 7.00. The second-order valence-electron chi connectivity index (χ2n) is 7.94. The van der Waals surface area contributed by atoms with Crippen molar-refractivity contribution in [3.8, 4) is 0 Å². The molecule has 0 radical (unpaired) electrons. The van der Waals surface area contributed by atoms with Crippen LogP contribution in [0.25, 0.3) is 0 Å². The Hall–Kier alpha value is -0.0300. The number of ether oxygens (including phenoxy) is 1. The van der Waals surface area contributed by atoms with E-state index in [-0.39, 0.29) is 7.92 Å². The van der Waals surface area contributed by atoms with Gasteiger partial charge >= 0.3 is 0 Å². The van der Waals surface area contributed by atoms with Crippen molar-refractivity contribution < 1.29 is 4.74 Å². The van der Waals surface area contributed by atoms with E-state index in [1.54, 1.807) is 31.3 Å². The molecule has 0 aromatic rings. The molecular weight excluding hydrogens is 299 g/mol. The van der Waals surface area contributed by atoms with Crippen molar-refractivity contribution >= 4 is 7.92 Å². The molecule has 0 aromatic carbocycles. The molecule has 0 aromatic heterocycles. The van der Waals surface area contributed by atoms with Gasteiger partial charge < -0.3 is 4.74 Å². The molecule has 0 bridgehead atoms. The molecule has 0 N–H and O–H groups in total. The van der Waals surface area contributed by atoms with Gasteiger partial charge in [0.25, 0.3) is 0 Å². The van der Waals surface area contributed by atoms with Crippen molar-refractivity contribution in [2.45, 2.75) is 114 Å². The Labute approximate surface area is 145 Å². The Morgan fingerprint density at radius 3 is 1.96 bits per heavy atom. The fourth-order valence-electron chi connectivity index (χ4n) is 5.25. The fraction of sp³-hybridized carbons (Fsp3) is 0.905. The van der Waals surface area contributed by atoms with Crippen LogP contribution in [0.3, 0.4) is 0 Å². The van der Waals surface area contributed by atoms with E-state index in [1.165, 1.54) is 64.2 Å². The van der Waals surface area contributed by atoms with Crippen LogP contribution >= 0.6 is 7.92 Å². The lowest BCUT2D eigenvalue weighted by molar-refractivity contribution is 0.262. The molecule has 3 saturated carbocycles. The van der Waals surface area contributed by atoms with Gasteiger partial charge in [0, 0.05) is 5.66 Å². The first-order valence-corrected chi connectivity index (χ1v) is 12.0. The maximum Gasteiger partial charge on any atom is 0.0845 e. The largest absolute Gasteiger partial charge is 0.502 e. The summed E-state index contributed by atoms with van der Waals surface area (Å²) >= 11 is 0. The third-order valence-corrected chi connectivity index (χ3v) is 10.4. The van der Waals surface area contributed by atoms with Gasteiger partial charge in [-0.1, -0.05) is 52.9 Å². The van der Waals surface area contributed by atoms with Crippen molar-refractivity contribution in [2.75, 3.05) is 6.61 Å². The first kappa shape index (κ1) is 17.8. The van der Waals surface area contributed by atoms with Crippen LogP contribution in [0.4, 0.5) is 0 Å². The third kappa shape index (κ3) is 4.75. The minimum Gasteiger partial charge on any atom is -0.502 e. The molecule has 3 aliphatic rings. The van der Waals surface area contributed by atoms with Gasteiger partial charge in [0.1, 0.15) is 0 Å². The predicted molar refractivity (Wildman–Crippen MR) is 103 cm³/mol. The van der Waals surface area contributed by atoms with E-state index in [0.717, 1.165) is 23.6 Å². The van der Waals surface area contributed by atoms with Crippen molar-refractivity contribution in [3.05, 3.63) is 11.8 Å². The van der Waals surface area contributed by atoms with Crippen LogP contribution in [0.1, 0.15) is 96.8 Å².